The van der Waals surface area contributed by atoms with Crippen LogP contribution >= 0.6 is 0 Å². The van der Waals surface area contributed by atoms with Crippen LogP contribution in [0.15, 0.2) is 29.3 Å². The summed E-state index contributed by atoms with van der Waals surface area (Å²) in [7, 11) is 4.02. The molecule has 0 N–H and O–H groups in total. The highest BCUT2D eigenvalue weighted by molar-refractivity contribution is 5.54. The first-order chi connectivity index (χ1) is 5.24. The Kier molecular flexibility index (Phi) is 2.26. The fourth-order valence-electron chi connectivity index (χ4n) is 0.856. The van der Waals surface area contributed by atoms with Gasteiger partial charge in [-0.1, -0.05) is 0 Å². The van der Waals surface area contributed by atoms with Crippen LogP contribution in [0.4, 0.5) is 11.4 Å². The molecule has 0 fully saturated rings. The predicted molar refractivity (Wildman–Crippen MR) is 50.0 cm³/mol. The second kappa shape index (κ2) is 3.19. The van der Waals surface area contributed by atoms with E-state index in [0.717, 1.165) is 5.69 Å². The lowest BCUT2D eigenvalue weighted by atomic mass is 10.3. The molecule has 1 rings (SSSR count). The van der Waals surface area contributed by atoms with Gasteiger partial charge in [0.2, 0.25) is 0 Å². The normalized spacial score (nSPS) is 9.27. The topological polar surface area (TPSA) is 15.6 Å². The van der Waals surface area contributed by atoms with Crippen LogP contribution in [0.3, 0.4) is 0 Å². The molecule has 1 aromatic carbocycles. The summed E-state index contributed by atoms with van der Waals surface area (Å²) < 4.78 is 0. The molecule has 0 saturated carbocycles. The zero-order valence-corrected chi connectivity index (χ0v) is 6.91. The second-order valence-electron chi connectivity index (χ2n) is 2.57. The molecule has 0 aromatic heterocycles. The van der Waals surface area contributed by atoms with E-state index in [1.165, 1.54) is 5.69 Å². The van der Waals surface area contributed by atoms with Crippen molar-refractivity contribution in [3.05, 3.63) is 24.3 Å². The van der Waals surface area contributed by atoms with E-state index in [0.29, 0.717) is 0 Å². The van der Waals surface area contributed by atoms with Crippen molar-refractivity contribution < 1.29 is 0 Å². The summed E-state index contributed by atoms with van der Waals surface area (Å²) in [6, 6.07) is 7.93. The maximum absolute atomic E-state index is 3.80. The van der Waals surface area contributed by atoms with Gasteiger partial charge < -0.3 is 4.90 Å². The highest BCUT2D eigenvalue weighted by Gasteiger charge is 1.92. The molecule has 0 bridgehead atoms. The molecule has 0 aliphatic rings. The number of anilines is 1. The fourth-order valence-corrected chi connectivity index (χ4v) is 0.856. The van der Waals surface area contributed by atoms with Crippen LogP contribution in [-0.4, -0.2) is 20.8 Å². The summed E-state index contributed by atoms with van der Waals surface area (Å²) in [6.07, 6.45) is 0. The zero-order valence-electron chi connectivity index (χ0n) is 6.91. The molecule has 0 spiro atoms. The molecule has 0 saturated heterocycles. The van der Waals surface area contributed by atoms with E-state index in [-0.39, 0.29) is 0 Å². The Hall–Kier alpha value is -1.31. The number of hydrogen-bond acceptors (Lipinski definition) is 2. The van der Waals surface area contributed by atoms with Crippen LogP contribution in [-0.2, 0) is 0 Å². The lowest BCUT2D eigenvalue weighted by Crippen LogP contribution is -2.07. The third kappa shape index (κ3) is 1.80. The van der Waals surface area contributed by atoms with Gasteiger partial charge in [0.25, 0.3) is 0 Å². The molecule has 11 heavy (non-hydrogen) atoms. The van der Waals surface area contributed by atoms with E-state index in [9.17, 15) is 0 Å². The molecule has 0 aliphatic heterocycles. The van der Waals surface area contributed by atoms with E-state index >= 15 is 0 Å². The summed E-state index contributed by atoms with van der Waals surface area (Å²) >= 11 is 0. The van der Waals surface area contributed by atoms with Crippen LogP contribution in [0, 0.1) is 0 Å². The van der Waals surface area contributed by atoms with Gasteiger partial charge in [0.1, 0.15) is 0 Å². The summed E-state index contributed by atoms with van der Waals surface area (Å²) in [5.41, 5.74) is 2.09. The largest absolute Gasteiger partial charge is 0.378 e. The minimum Gasteiger partial charge on any atom is -0.378 e. The second-order valence-corrected chi connectivity index (χ2v) is 2.57. The smallest absolute Gasteiger partial charge is 0.0623 e. The lowest BCUT2D eigenvalue weighted by Gasteiger charge is -2.11. The van der Waals surface area contributed by atoms with Crippen LogP contribution in [0.2, 0.25) is 0 Å². The SMILES string of the molecule is C=Nc1ccc(N(C)C)cc1. The monoisotopic (exact) mass is 148 g/mol. The maximum Gasteiger partial charge on any atom is 0.0623 e. The van der Waals surface area contributed by atoms with Gasteiger partial charge in [-0.15, -0.1) is 0 Å². The quantitative estimate of drug-likeness (QED) is 0.586. The van der Waals surface area contributed by atoms with Gasteiger partial charge in [-0.05, 0) is 31.0 Å². The van der Waals surface area contributed by atoms with Crippen molar-refractivity contribution in [2.75, 3.05) is 19.0 Å². The molecular weight excluding hydrogens is 136 g/mol. The van der Waals surface area contributed by atoms with Gasteiger partial charge in [0.05, 0.1) is 5.69 Å². The van der Waals surface area contributed by atoms with E-state index in [4.69, 9.17) is 0 Å². The summed E-state index contributed by atoms with van der Waals surface area (Å²) in [4.78, 5) is 5.85. The minimum absolute atomic E-state index is 0.913. The Morgan fingerprint density at radius 1 is 1.18 bits per heavy atom. The molecule has 0 unspecified atom stereocenters. The van der Waals surface area contributed by atoms with Gasteiger partial charge in [-0.3, -0.25) is 4.99 Å². The predicted octanol–water partition coefficient (Wildman–Crippen LogP) is 2.08. The van der Waals surface area contributed by atoms with Crippen LogP contribution in [0.5, 0.6) is 0 Å². The van der Waals surface area contributed by atoms with Gasteiger partial charge in [0.15, 0.2) is 0 Å². The Morgan fingerprint density at radius 3 is 2.09 bits per heavy atom. The summed E-state index contributed by atoms with van der Waals surface area (Å²) in [6.45, 7) is 3.44. The fraction of sp³-hybridized carbons (Fsp3) is 0.222. The standard InChI is InChI=1S/C9H12N2/c1-10-8-4-6-9(7-5-8)11(2)3/h4-7H,1H2,2-3H3. The van der Waals surface area contributed by atoms with Gasteiger partial charge in [-0.2, -0.15) is 0 Å². The van der Waals surface area contributed by atoms with Crippen molar-refractivity contribution in [2.45, 2.75) is 0 Å². The number of aliphatic imine (C=N–C) groups is 1. The number of benzene rings is 1. The minimum atomic E-state index is 0.913. The van der Waals surface area contributed by atoms with E-state index in [2.05, 4.69) is 11.7 Å². The molecule has 0 heterocycles. The number of hydrogen-bond donors (Lipinski definition) is 0. The van der Waals surface area contributed by atoms with Gasteiger partial charge >= 0.3 is 0 Å². The average molecular weight is 148 g/mol. The van der Waals surface area contributed by atoms with Gasteiger partial charge in [-0.25, -0.2) is 0 Å². The average Bonchev–Trinajstić information content (AvgIpc) is 2.05. The summed E-state index contributed by atoms with van der Waals surface area (Å²) in [5, 5.41) is 0. The lowest BCUT2D eigenvalue weighted by molar-refractivity contribution is 1.13. The van der Waals surface area contributed by atoms with Gasteiger partial charge in [0, 0.05) is 19.8 Å². The van der Waals surface area contributed by atoms with Crippen molar-refractivity contribution in [1.82, 2.24) is 0 Å². The Balaban J connectivity index is 2.91. The van der Waals surface area contributed by atoms with Crippen LogP contribution in [0.1, 0.15) is 0 Å². The Bertz CT molecular complexity index is 236. The third-order valence-corrected chi connectivity index (χ3v) is 1.55. The maximum atomic E-state index is 3.80. The Morgan fingerprint density at radius 2 is 1.73 bits per heavy atom. The highest BCUT2D eigenvalue weighted by atomic mass is 15.1. The van der Waals surface area contributed by atoms with Crippen molar-refractivity contribution in [3.63, 3.8) is 0 Å². The van der Waals surface area contributed by atoms with Crippen molar-refractivity contribution >= 4 is 18.1 Å². The molecule has 0 amide bonds. The highest BCUT2D eigenvalue weighted by Crippen LogP contribution is 2.16. The zero-order chi connectivity index (χ0) is 8.27. The van der Waals surface area contributed by atoms with Crippen molar-refractivity contribution in [2.24, 2.45) is 4.99 Å². The molecule has 1 aromatic rings. The third-order valence-electron chi connectivity index (χ3n) is 1.55. The molecule has 58 valence electrons. The molecule has 0 radical (unpaired) electrons. The molecule has 2 heteroatoms. The van der Waals surface area contributed by atoms with Crippen LogP contribution < -0.4 is 4.90 Å². The van der Waals surface area contributed by atoms with E-state index in [1.54, 1.807) is 0 Å². The Labute approximate surface area is 67.2 Å². The van der Waals surface area contributed by atoms with Crippen LogP contribution in [0.25, 0.3) is 0 Å². The van der Waals surface area contributed by atoms with Crippen molar-refractivity contribution in [1.29, 1.82) is 0 Å². The molecular formula is C9H12N2. The molecule has 0 atom stereocenters. The van der Waals surface area contributed by atoms with E-state index in [1.807, 2.05) is 43.3 Å². The first-order valence-electron chi connectivity index (χ1n) is 3.48. The van der Waals surface area contributed by atoms with E-state index < -0.39 is 0 Å². The molecule has 0 aliphatic carbocycles. The number of rotatable bonds is 2. The van der Waals surface area contributed by atoms with Crippen molar-refractivity contribution in [3.8, 4) is 0 Å². The molecule has 2 nitrogen and oxygen atoms in total. The number of nitrogens with zero attached hydrogens (tertiary/aromatic N) is 2. The first kappa shape index (κ1) is 7.79. The first-order valence-corrected chi connectivity index (χ1v) is 3.48. The summed E-state index contributed by atoms with van der Waals surface area (Å²) in [5.74, 6) is 0.